The number of nitro groups is 1. The molecule has 0 heterocycles. The molecule has 0 aliphatic heterocycles. The highest BCUT2D eigenvalue weighted by molar-refractivity contribution is 9.10. The van der Waals surface area contributed by atoms with Crippen molar-refractivity contribution in [2.45, 2.75) is 18.8 Å². The molecule has 2 atom stereocenters. The van der Waals surface area contributed by atoms with Crippen LogP contribution >= 0.6 is 15.9 Å². The van der Waals surface area contributed by atoms with Crippen LogP contribution in [0.1, 0.15) is 17.2 Å². The number of nitrogens with zero attached hydrogens (tertiary/aromatic N) is 1. The Morgan fingerprint density at radius 3 is 2.58 bits per heavy atom. The molecule has 0 aliphatic rings. The Bertz CT molecular complexity index is 771. The Kier molecular flexibility index (Phi) is 7.07. The molecule has 0 aliphatic carbocycles. The fourth-order valence-corrected chi connectivity index (χ4v) is 2.55. The van der Waals surface area contributed by atoms with Gasteiger partial charge in [0.2, 0.25) is 0 Å². The quantitative estimate of drug-likeness (QED) is 0.463. The molecule has 9 heteroatoms. The number of ether oxygens (including phenoxy) is 1. The molecular formula is C17H17BrN2O6. The Balaban J connectivity index is 1.90. The van der Waals surface area contributed by atoms with Crippen molar-refractivity contribution in [2.24, 2.45) is 0 Å². The van der Waals surface area contributed by atoms with Gasteiger partial charge >= 0.3 is 6.09 Å². The number of halogens is 1. The molecule has 0 radical (unpaired) electrons. The van der Waals surface area contributed by atoms with Crippen LogP contribution in [0.15, 0.2) is 53.0 Å². The third-order valence-electron chi connectivity index (χ3n) is 3.54. The molecule has 0 bridgehead atoms. The van der Waals surface area contributed by atoms with Gasteiger partial charge < -0.3 is 20.3 Å². The van der Waals surface area contributed by atoms with Crippen LogP contribution in [0, 0.1) is 10.1 Å². The van der Waals surface area contributed by atoms with Crippen molar-refractivity contribution in [1.29, 1.82) is 0 Å². The molecular weight excluding hydrogens is 408 g/mol. The van der Waals surface area contributed by atoms with Gasteiger partial charge in [0.1, 0.15) is 18.8 Å². The number of hydrogen-bond donors (Lipinski definition) is 3. The van der Waals surface area contributed by atoms with Gasteiger partial charge in [0, 0.05) is 17.1 Å². The lowest BCUT2D eigenvalue weighted by Gasteiger charge is -2.18. The number of amides is 1. The van der Waals surface area contributed by atoms with E-state index in [1.165, 1.54) is 18.2 Å². The SMILES string of the molecule is O=C(NCC(O)C(O)c1ccc(Br)cc1[N+](=O)[O-])OCc1ccccc1. The lowest BCUT2D eigenvalue weighted by Crippen LogP contribution is -2.36. The number of carbonyl (C=O) groups excluding carboxylic acids is 1. The van der Waals surface area contributed by atoms with E-state index in [0.717, 1.165) is 5.56 Å². The predicted octanol–water partition coefficient (Wildman–Crippen LogP) is 2.68. The molecule has 0 spiro atoms. The smallest absolute Gasteiger partial charge is 0.407 e. The van der Waals surface area contributed by atoms with Gasteiger partial charge in [0.15, 0.2) is 0 Å². The fourth-order valence-electron chi connectivity index (χ4n) is 2.21. The molecule has 26 heavy (non-hydrogen) atoms. The summed E-state index contributed by atoms with van der Waals surface area (Å²) in [5.41, 5.74) is 0.413. The highest BCUT2D eigenvalue weighted by Gasteiger charge is 2.27. The molecule has 8 nitrogen and oxygen atoms in total. The second-order valence-electron chi connectivity index (χ2n) is 5.42. The maximum absolute atomic E-state index is 11.7. The van der Waals surface area contributed by atoms with Crippen LogP contribution in [0.4, 0.5) is 10.5 Å². The number of aliphatic hydroxyl groups excluding tert-OH is 2. The number of carbonyl (C=O) groups is 1. The number of nitrogens with one attached hydrogen (secondary N) is 1. The molecule has 2 unspecified atom stereocenters. The van der Waals surface area contributed by atoms with E-state index in [2.05, 4.69) is 21.2 Å². The monoisotopic (exact) mass is 424 g/mol. The molecule has 2 aromatic rings. The second kappa shape index (κ2) is 9.27. The summed E-state index contributed by atoms with van der Waals surface area (Å²) < 4.78 is 5.45. The zero-order valence-electron chi connectivity index (χ0n) is 13.5. The Morgan fingerprint density at radius 2 is 1.92 bits per heavy atom. The minimum absolute atomic E-state index is 0.0508. The van der Waals surface area contributed by atoms with Gasteiger partial charge in [-0.3, -0.25) is 10.1 Å². The minimum atomic E-state index is -1.54. The highest BCUT2D eigenvalue weighted by Crippen LogP contribution is 2.30. The summed E-state index contributed by atoms with van der Waals surface area (Å²) in [4.78, 5) is 22.1. The summed E-state index contributed by atoms with van der Waals surface area (Å²) in [6.45, 7) is -0.272. The number of aliphatic hydroxyl groups is 2. The Hall–Kier alpha value is -2.49. The van der Waals surface area contributed by atoms with E-state index in [1.54, 1.807) is 12.1 Å². The summed E-state index contributed by atoms with van der Waals surface area (Å²) in [5.74, 6) is 0. The van der Waals surface area contributed by atoms with Crippen LogP contribution in [-0.2, 0) is 11.3 Å². The summed E-state index contributed by atoms with van der Waals surface area (Å²) in [6.07, 6.45) is -3.76. The molecule has 1 amide bonds. The maximum atomic E-state index is 11.7. The zero-order valence-corrected chi connectivity index (χ0v) is 15.1. The summed E-state index contributed by atoms with van der Waals surface area (Å²) in [5, 5.41) is 33.6. The average Bonchev–Trinajstić information content (AvgIpc) is 2.64. The van der Waals surface area contributed by atoms with Crippen LogP contribution in [0.25, 0.3) is 0 Å². The predicted molar refractivity (Wildman–Crippen MR) is 96.4 cm³/mol. The second-order valence-corrected chi connectivity index (χ2v) is 6.33. The summed E-state index contributed by atoms with van der Waals surface area (Å²) >= 11 is 3.11. The van der Waals surface area contributed by atoms with Crippen molar-refractivity contribution in [3.05, 3.63) is 74.2 Å². The van der Waals surface area contributed by atoms with Crippen LogP contribution in [0.5, 0.6) is 0 Å². The summed E-state index contributed by atoms with van der Waals surface area (Å²) in [6, 6.07) is 13.1. The minimum Gasteiger partial charge on any atom is -0.445 e. The maximum Gasteiger partial charge on any atom is 0.407 e. The standard InChI is InChI=1S/C17H17BrN2O6/c18-12-6-7-13(14(8-12)20(24)25)16(22)15(21)9-19-17(23)26-10-11-4-2-1-3-5-11/h1-8,15-16,21-22H,9-10H2,(H,19,23). The number of nitro benzene ring substituents is 1. The zero-order chi connectivity index (χ0) is 19.1. The molecule has 0 saturated carbocycles. The van der Waals surface area contributed by atoms with E-state index in [1.807, 2.05) is 18.2 Å². The first-order valence-corrected chi connectivity index (χ1v) is 8.42. The first kappa shape index (κ1) is 19.8. The van der Waals surface area contributed by atoms with E-state index in [0.29, 0.717) is 4.47 Å². The van der Waals surface area contributed by atoms with Crippen molar-refractivity contribution >= 4 is 27.7 Å². The van der Waals surface area contributed by atoms with E-state index in [9.17, 15) is 25.1 Å². The Labute approximate surface area is 157 Å². The first-order valence-electron chi connectivity index (χ1n) is 7.63. The Morgan fingerprint density at radius 1 is 1.23 bits per heavy atom. The molecule has 138 valence electrons. The largest absolute Gasteiger partial charge is 0.445 e. The van der Waals surface area contributed by atoms with E-state index >= 15 is 0 Å². The molecule has 3 N–H and O–H groups in total. The fraction of sp³-hybridized carbons (Fsp3) is 0.235. The van der Waals surface area contributed by atoms with Crippen LogP contribution in [0.2, 0.25) is 0 Å². The van der Waals surface area contributed by atoms with E-state index in [-0.39, 0.29) is 24.4 Å². The number of hydrogen-bond acceptors (Lipinski definition) is 6. The van der Waals surface area contributed by atoms with Crippen LogP contribution in [0.3, 0.4) is 0 Å². The molecule has 2 aromatic carbocycles. The van der Waals surface area contributed by atoms with Gasteiger partial charge in [-0.05, 0) is 17.7 Å². The van der Waals surface area contributed by atoms with Crippen molar-refractivity contribution in [1.82, 2.24) is 5.32 Å². The van der Waals surface area contributed by atoms with Gasteiger partial charge in [-0.2, -0.15) is 0 Å². The van der Waals surface area contributed by atoms with Crippen molar-refractivity contribution in [3.8, 4) is 0 Å². The number of benzene rings is 2. The number of rotatable bonds is 7. The summed E-state index contributed by atoms with van der Waals surface area (Å²) in [7, 11) is 0. The topological polar surface area (TPSA) is 122 Å². The van der Waals surface area contributed by atoms with Gasteiger partial charge in [0.05, 0.1) is 10.5 Å². The number of alkyl carbamates (subject to hydrolysis) is 1. The molecule has 0 fully saturated rings. The van der Waals surface area contributed by atoms with Gasteiger partial charge in [0.25, 0.3) is 5.69 Å². The third-order valence-corrected chi connectivity index (χ3v) is 4.03. The van der Waals surface area contributed by atoms with Crippen molar-refractivity contribution in [2.75, 3.05) is 6.54 Å². The van der Waals surface area contributed by atoms with Crippen LogP contribution in [-0.4, -0.2) is 33.9 Å². The molecule has 0 saturated heterocycles. The van der Waals surface area contributed by atoms with Gasteiger partial charge in [-0.25, -0.2) is 4.79 Å². The van der Waals surface area contributed by atoms with Gasteiger partial charge in [-0.1, -0.05) is 46.3 Å². The molecule has 2 rings (SSSR count). The van der Waals surface area contributed by atoms with Gasteiger partial charge in [-0.15, -0.1) is 0 Å². The van der Waals surface area contributed by atoms with E-state index in [4.69, 9.17) is 4.74 Å². The molecule has 0 aromatic heterocycles. The highest BCUT2D eigenvalue weighted by atomic mass is 79.9. The average molecular weight is 425 g/mol. The van der Waals surface area contributed by atoms with Crippen LogP contribution < -0.4 is 5.32 Å². The lowest BCUT2D eigenvalue weighted by atomic mass is 10.0. The third kappa shape index (κ3) is 5.51. The van der Waals surface area contributed by atoms with E-state index < -0.39 is 23.2 Å². The normalized spacial score (nSPS) is 12.9. The lowest BCUT2D eigenvalue weighted by molar-refractivity contribution is -0.386. The van der Waals surface area contributed by atoms with Crippen molar-refractivity contribution < 1.29 is 24.7 Å². The first-order chi connectivity index (χ1) is 12.4. The van der Waals surface area contributed by atoms with Crippen molar-refractivity contribution in [3.63, 3.8) is 0 Å².